The summed E-state index contributed by atoms with van der Waals surface area (Å²) in [5.74, 6) is 2.66. The lowest BCUT2D eigenvalue weighted by Gasteiger charge is -2.06. The summed E-state index contributed by atoms with van der Waals surface area (Å²) < 4.78 is 10.5. The first-order valence-electron chi connectivity index (χ1n) is 6.28. The molecule has 0 aromatic carbocycles. The van der Waals surface area contributed by atoms with Gasteiger partial charge in [0, 0.05) is 6.42 Å². The third-order valence-corrected chi connectivity index (χ3v) is 3.08. The van der Waals surface area contributed by atoms with Gasteiger partial charge in [-0.1, -0.05) is 12.1 Å². The lowest BCUT2D eigenvalue weighted by atomic mass is 10.0. The molecular weight excluding hydrogens is 230 g/mol. The van der Waals surface area contributed by atoms with Crippen molar-refractivity contribution in [3.8, 4) is 11.4 Å². The molecule has 2 aromatic heterocycles. The second-order valence-corrected chi connectivity index (χ2v) is 4.62. The zero-order valence-corrected chi connectivity index (χ0v) is 10.8. The van der Waals surface area contributed by atoms with Gasteiger partial charge in [-0.3, -0.25) is 0 Å². The smallest absolute Gasteiger partial charge is 0.226 e. The van der Waals surface area contributed by atoms with Crippen LogP contribution in [0.25, 0.3) is 11.4 Å². The summed E-state index contributed by atoms with van der Waals surface area (Å²) in [6.07, 6.45) is 4.47. The quantitative estimate of drug-likeness (QED) is 0.851. The van der Waals surface area contributed by atoms with Crippen LogP contribution in [0.2, 0.25) is 0 Å². The predicted molar refractivity (Wildman–Crippen MR) is 67.9 cm³/mol. The van der Waals surface area contributed by atoms with E-state index in [2.05, 4.69) is 17.1 Å². The Kier molecular flexibility index (Phi) is 4.15. The molecule has 5 heteroatoms. The molecule has 0 saturated heterocycles. The Bertz CT molecular complexity index is 490. The Labute approximate surface area is 106 Å². The molecule has 0 saturated carbocycles. The van der Waals surface area contributed by atoms with E-state index in [0.29, 0.717) is 17.6 Å². The largest absolute Gasteiger partial charge is 0.469 e. The molecular formula is C13H19N3O2. The van der Waals surface area contributed by atoms with Crippen LogP contribution in [0.1, 0.15) is 31.4 Å². The van der Waals surface area contributed by atoms with E-state index in [9.17, 15) is 0 Å². The normalized spacial score (nSPS) is 12.8. The Hall–Kier alpha value is -1.62. The summed E-state index contributed by atoms with van der Waals surface area (Å²) in [5, 5.41) is 3.97. The number of furan rings is 1. The lowest BCUT2D eigenvalue weighted by molar-refractivity contribution is 0.362. The maximum absolute atomic E-state index is 5.52. The highest BCUT2D eigenvalue weighted by Gasteiger charge is 2.13. The molecule has 1 unspecified atom stereocenters. The standard InChI is InChI=1S/C13H19N3O2/c1-9(5-7-14)3-4-12-15-13(16-18-12)11-6-8-17-10(11)2/h6,8-9H,3-5,7,14H2,1-2H3. The molecule has 0 radical (unpaired) electrons. The number of hydrogen-bond donors (Lipinski definition) is 1. The maximum atomic E-state index is 5.52. The van der Waals surface area contributed by atoms with Crippen molar-refractivity contribution in [1.82, 2.24) is 10.1 Å². The fourth-order valence-electron chi connectivity index (χ4n) is 1.88. The molecule has 2 rings (SSSR count). The fourth-order valence-corrected chi connectivity index (χ4v) is 1.88. The third kappa shape index (κ3) is 2.98. The summed E-state index contributed by atoms with van der Waals surface area (Å²) in [4.78, 5) is 4.38. The second kappa shape index (κ2) is 5.82. The van der Waals surface area contributed by atoms with Crippen molar-refractivity contribution in [2.24, 2.45) is 11.7 Å². The molecule has 0 bridgehead atoms. The van der Waals surface area contributed by atoms with E-state index in [0.717, 1.165) is 37.1 Å². The van der Waals surface area contributed by atoms with E-state index in [1.807, 2.05) is 13.0 Å². The van der Waals surface area contributed by atoms with E-state index < -0.39 is 0 Å². The molecule has 98 valence electrons. The first-order chi connectivity index (χ1) is 8.70. The molecule has 0 aliphatic heterocycles. The van der Waals surface area contributed by atoms with Crippen molar-refractivity contribution in [1.29, 1.82) is 0 Å². The molecule has 18 heavy (non-hydrogen) atoms. The number of aryl methyl sites for hydroxylation is 2. The first kappa shape index (κ1) is 12.8. The number of rotatable bonds is 6. The topological polar surface area (TPSA) is 78.1 Å². The van der Waals surface area contributed by atoms with Crippen LogP contribution in [0.3, 0.4) is 0 Å². The minimum Gasteiger partial charge on any atom is -0.469 e. The van der Waals surface area contributed by atoms with Gasteiger partial charge in [0.1, 0.15) is 5.76 Å². The van der Waals surface area contributed by atoms with E-state index in [1.54, 1.807) is 6.26 Å². The monoisotopic (exact) mass is 249 g/mol. The van der Waals surface area contributed by atoms with Crippen LogP contribution in [0.15, 0.2) is 21.3 Å². The van der Waals surface area contributed by atoms with Gasteiger partial charge in [-0.05, 0) is 38.3 Å². The second-order valence-electron chi connectivity index (χ2n) is 4.62. The zero-order chi connectivity index (χ0) is 13.0. The van der Waals surface area contributed by atoms with Crippen LogP contribution < -0.4 is 5.73 Å². The summed E-state index contributed by atoms with van der Waals surface area (Å²) in [6.45, 7) is 4.80. The minimum absolute atomic E-state index is 0.584. The molecule has 0 spiro atoms. The molecule has 1 atom stereocenters. The Morgan fingerprint density at radius 1 is 1.39 bits per heavy atom. The molecule has 0 aliphatic rings. The van der Waals surface area contributed by atoms with Gasteiger partial charge in [0.05, 0.1) is 11.8 Å². The minimum atomic E-state index is 0.584. The van der Waals surface area contributed by atoms with Crippen molar-refractivity contribution in [3.63, 3.8) is 0 Å². The van der Waals surface area contributed by atoms with Gasteiger partial charge in [-0.15, -0.1) is 0 Å². The van der Waals surface area contributed by atoms with Crippen LogP contribution in [0.4, 0.5) is 0 Å². The molecule has 2 heterocycles. The van der Waals surface area contributed by atoms with Crippen molar-refractivity contribution in [2.45, 2.75) is 33.1 Å². The van der Waals surface area contributed by atoms with E-state index in [4.69, 9.17) is 14.7 Å². The Morgan fingerprint density at radius 2 is 2.22 bits per heavy atom. The van der Waals surface area contributed by atoms with Gasteiger partial charge in [0.15, 0.2) is 0 Å². The summed E-state index contributed by atoms with van der Waals surface area (Å²) in [7, 11) is 0. The van der Waals surface area contributed by atoms with E-state index in [-0.39, 0.29) is 0 Å². The summed E-state index contributed by atoms with van der Waals surface area (Å²) in [5.41, 5.74) is 6.41. The highest BCUT2D eigenvalue weighted by atomic mass is 16.5. The number of nitrogens with two attached hydrogens (primary N) is 1. The predicted octanol–water partition coefficient (Wildman–Crippen LogP) is 2.56. The number of nitrogens with zero attached hydrogens (tertiary/aromatic N) is 2. The van der Waals surface area contributed by atoms with Gasteiger partial charge in [0.25, 0.3) is 0 Å². The zero-order valence-electron chi connectivity index (χ0n) is 10.8. The van der Waals surface area contributed by atoms with Gasteiger partial charge in [-0.2, -0.15) is 4.98 Å². The molecule has 0 amide bonds. The highest BCUT2D eigenvalue weighted by molar-refractivity contribution is 5.55. The van der Waals surface area contributed by atoms with Crippen LogP contribution in [0.5, 0.6) is 0 Å². The Morgan fingerprint density at radius 3 is 2.89 bits per heavy atom. The maximum Gasteiger partial charge on any atom is 0.226 e. The fraction of sp³-hybridized carbons (Fsp3) is 0.538. The van der Waals surface area contributed by atoms with Crippen LogP contribution in [0, 0.1) is 12.8 Å². The van der Waals surface area contributed by atoms with Crippen LogP contribution in [-0.2, 0) is 6.42 Å². The SMILES string of the molecule is Cc1occc1-c1noc(CCC(C)CCN)n1. The molecule has 2 aromatic rings. The molecule has 2 N–H and O–H groups in total. The van der Waals surface area contributed by atoms with E-state index >= 15 is 0 Å². The van der Waals surface area contributed by atoms with Crippen molar-refractivity contribution >= 4 is 0 Å². The number of aromatic nitrogens is 2. The molecule has 0 fully saturated rings. The lowest BCUT2D eigenvalue weighted by Crippen LogP contribution is -2.06. The highest BCUT2D eigenvalue weighted by Crippen LogP contribution is 2.21. The van der Waals surface area contributed by atoms with E-state index in [1.165, 1.54) is 0 Å². The summed E-state index contributed by atoms with van der Waals surface area (Å²) >= 11 is 0. The third-order valence-electron chi connectivity index (χ3n) is 3.08. The van der Waals surface area contributed by atoms with Crippen molar-refractivity contribution < 1.29 is 8.94 Å². The average molecular weight is 249 g/mol. The van der Waals surface area contributed by atoms with Crippen molar-refractivity contribution in [3.05, 3.63) is 24.0 Å². The molecule has 5 nitrogen and oxygen atoms in total. The molecule has 0 aliphatic carbocycles. The summed E-state index contributed by atoms with van der Waals surface area (Å²) in [6, 6.07) is 1.85. The number of hydrogen-bond acceptors (Lipinski definition) is 5. The van der Waals surface area contributed by atoms with Crippen LogP contribution in [-0.4, -0.2) is 16.7 Å². The average Bonchev–Trinajstić information content (AvgIpc) is 2.95. The van der Waals surface area contributed by atoms with Crippen LogP contribution >= 0.6 is 0 Å². The first-order valence-corrected chi connectivity index (χ1v) is 6.28. The van der Waals surface area contributed by atoms with Gasteiger partial charge in [-0.25, -0.2) is 0 Å². The van der Waals surface area contributed by atoms with Gasteiger partial charge in [0.2, 0.25) is 11.7 Å². The van der Waals surface area contributed by atoms with Gasteiger partial charge >= 0.3 is 0 Å². The Balaban J connectivity index is 1.97. The van der Waals surface area contributed by atoms with Gasteiger partial charge < -0.3 is 14.7 Å². The van der Waals surface area contributed by atoms with Crippen molar-refractivity contribution in [2.75, 3.05) is 6.54 Å².